The second kappa shape index (κ2) is 13.9. The van der Waals surface area contributed by atoms with Crippen molar-refractivity contribution in [3.63, 3.8) is 0 Å². The maximum absolute atomic E-state index is 14.4. The van der Waals surface area contributed by atoms with Gasteiger partial charge in [0.15, 0.2) is 0 Å². The van der Waals surface area contributed by atoms with Gasteiger partial charge in [-0.05, 0) is 58.8 Å². The van der Waals surface area contributed by atoms with E-state index in [1.54, 1.807) is 0 Å². The summed E-state index contributed by atoms with van der Waals surface area (Å²) in [7, 11) is 0. The third kappa shape index (κ3) is 7.19. The van der Waals surface area contributed by atoms with Crippen molar-refractivity contribution in [2.24, 2.45) is 10.9 Å². The number of hydrogen-bond acceptors (Lipinski definition) is 3. The van der Waals surface area contributed by atoms with Gasteiger partial charge in [0.2, 0.25) is 0 Å². The van der Waals surface area contributed by atoms with E-state index in [-0.39, 0.29) is 11.6 Å². The van der Waals surface area contributed by atoms with Crippen LogP contribution in [0.25, 0.3) is 11.1 Å². The highest BCUT2D eigenvalue weighted by molar-refractivity contribution is 5.86. The summed E-state index contributed by atoms with van der Waals surface area (Å²) in [6.07, 6.45) is 13.9. The summed E-state index contributed by atoms with van der Waals surface area (Å²) in [4.78, 5) is 4.40. The number of nitrogens with one attached hydrogen (secondary N) is 1. The molecule has 1 aliphatic carbocycles. The fourth-order valence-electron chi connectivity index (χ4n) is 4.47. The number of nitrogens with zero attached hydrogens (tertiary/aromatic N) is 1. The van der Waals surface area contributed by atoms with E-state index in [0.29, 0.717) is 5.69 Å². The highest BCUT2D eigenvalue weighted by Gasteiger charge is 2.21. The van der Waals surface area contributed by atoms with Gasteiger partial charge >= 0.3 is 0 Å². The third-order valence-electron chi connectivity index (χ3n) is 6.54. The highest BCUT2D eigenvalue weighted by Crippen LogP contribution is 2.42. The molecular formula is C30H44FN3. The molecule has 1 saturated carbocycles. The van der Waals surface area contributed by atoms with Crippen molar-refractivity contribution in [1.29, 1.82) is 0 Å². The second-order valence-corrected chi connectivity index (χ2v) is 9.58. The lowest BCUT2D eigenvalue weighted by molar-refractivity contribution is 0.385. The number of benzene rings is 2. The van der Waals surface area contributed by atoms with Gasteiger partial charge in [0, 0.05) is 12.6 Å². The molecule has 0 spiro atoms. The third-order valence-corrected chi connectivity index (χ3v) is 6.54. The molecule has 0 saturated heterocycles. The van der Waals surface area contributed by atoms with Crippen molar-refractivity contribution in [2.45, 2.75) is 91.9 Å². The van der Waals surface area contributed by atoms with Crippen LogP contribution in [-0.2, 0) is 6.42 Å². The van der Waals surface area contributed by atoms with E-state index in [1.165, 1.54) is 56.4 Å². The molecule has 4 heteroatoms. The minimum atomic E-state index is -0.426. The van der Waals surface area contributed by atoms with Crippen LogP contribution in [0.5, 0.6) is 0 Å². The van der Waals surface area contributed by atoms with Crippen LogP contribution in [0.3, 0.4) is 0 Å². The van der Waals surface area contributed by atoms with Gasteiger partial charge in [-0.1, -0.05) is 91.9 Å². The molecule has 1 unspecified atom stereocenters. The normalized spacial score (nSPS) is 15.4. The van der Waals surface area contributed by atoms with E-state index < -0.39 is 5.82 Å². The molecule has 1 aliphatic heterocycles. The second-order valence-electron chi connectivity index (χ2n) is 9.58. The van der Waals surface area contributed by atoms with Crippen molar-refractivity contribution in [2.75, 3.05) is 11.1 Å². The van der Waals surface area contributed by atoms with Crippen LogP contribution in [0.1, 0.15) is 96.6 Å². The van der Waals surface area contributed by atoms with Gasteiger partial charge in [-0.3, -0.25) is 4.99 Å². The number of anilines is 2. The van der Waals surface area contributed by atoms with E-state index in [4.69, 9.17) is 5.73 Å². The topological polar surface area (TPSA) is 50.4 Å². The Hall–Kier alpha value is -2.62. The van der Waals surface area contributed by atoms with Crippen LogP contribution in [-0.4, -0.2) is 6.21 Å². The summed E-state index contributed by atoms with van der Waals surface area (Å²) >= 11 is 0. The lowest BCUT2D eigenvalue weighted by Gasteiger charge is -2.22. The molecule has 2 aromatic carbocycles. The predicted molar refractivity (Wildman–Crippen MR) is 149 cm³/mol. The first kappa shape index (κ1) is 27.6. The molecule has 1 atom stereocenters. The first-order chi connectivity index (χ1) is 16.4. The minimum Gasteiger partial charge on any atom is -0.395 e. The number of nitrogens with two attached hydrogens (primary N) is 1. The molecule has 1 fully saturated rings. The average Bonchev–Trinajstić information content (AvgIpc) is 3.31. The maximum atomic E-state index is 14.4. The number of hydrogen-bond donors (Lipinski definition) is 2. The summed E-state index contributed by atoms with van der Waals surface area (Å²) in [5.74, 6) is 0.834. The fraction of sp³-hybridized carbons (Fsp3) is 0.500. The lowest BCUT2D eigenvalue weighted by Crippen LogP contribution is -2.07. The number of halogens is 1. The van der Waals surface area contributed by atoms with Gasteiger partial charge in [-0.2, -0.15) is 0 Å². The lowest BCUT2D eigenvalue weighted by atomic mass is 9.87. The van der Waals surface area contributed by atoms with Crippen molar-refractivity contribution in [3.05, 3.63) is 54.0 Å². The predicted octanol–water partition coefficient (Wildman–Crippen LogP) is 9.41. The van der Waals surface area contributed by atoms with Crippen LogP contribution < -0.4 is 11.1 Å². The zero-order valence-corrected chi connectivity index (χ0v) is 21.9. The van der Waals surface area contributed by atoms with Gasteiger partial charge in [-0.15, -0.1) is 0 Å². The molecule has 2 aromatic rings. The Morgan fingerprint density at radius 2 is 1.85 bits per heavy atom. The van der Waals surface area contributed by atoms with Crippen LogP contribution in [0, 0.1) is 11.7 Å². The molecule has 2 aliphatic rings. The zero-order chi connectivity index (χ0) is 25.1. The van der Waals surface area contributed by atoms with Crippen molar-refractivity contribution in [3.8, 4) is 11.1 Å². The van der Waals surface area contributed by atoms with Gasteiger partial charge < -0.3 is 11.1 Å². The van der Waals surface area contributed by atoms with E-state index in [1.807, 2.05) is 18.3 Å². The Morgan fingerprint density at radius 1 is 1.18 bits per heavy atom. The van der Waals surface area contributed by atoms with Crippen molar-refractivity contribution >= 4 is 23.3 Å². The maximum Gasteiger partial charge on any atom is 0.148 e. The van der Waals surface area contributed by atoms with Gasteiger partial charge in [-0.25, -0.2) is 4.39 Å². The standard InChI is InChI=1S/C20H22FN3.C7H14.C3H8/c1-4-12(3)18-15(11-16(21)19(22)20(18)23-5-2)14-7-6-13-8-9-24-17(13)10-14;1-7-5-3-2-4-6-7;1-3-2/h5-7,9-12,23H,2,4,8,22H2,1,3H3;7H,2-6H2,1H3;3H2,1-2H3. The van der Waals surface area contributed by atoms with Gasteiger partial charge in [0.05, 0.1) is 17.1 Å². The van der Waals surface area contributed by atoms with Crippen LogP contribution in [0.2, 0.25) is 0 Å². The molecule has 1 heterocycles. The number of fused-ring (bicyclic) bond motifs is 1. The molecule has 3 N–H and O–H groups in total. The van der Waals surface area contributed by atoms with Crippen molar-refractivity contribution in [1.82, 2.24) is 0 Å². The smallest absolute Gasteiger partial charge is 0.148 e. The SMILES string of the molecule is C=CNc1c(N)c(F)cc(-c2ccc3c(c2)N=CC3)c1C(C)CC.CC1CCCCC1.CCC. The molecule has 0 radical (unpaired) electrons. The van der Waals surface area contributed by atoms with E-state index in [2.05, 4.69) is 57.6 Å². The monoisotopic (exact) mass is 465 g/mol. The molecule has 0 bridgehead atoms. The zero-order valence-electron chi connectivity index (χ0n) is 21.9. The molecule has 0 aromatic heterocycles. The fourth-order valence-corrected chi connectivity index (χ4v) is 4.47. The first-order valence-electron chi connectivity index (χ1n) is 13.0. The van der Waals surface area contributed by atoms with Crippen LogP contribution in [0.4, 0.5) is 21.5 Å². The van der Waals surface area contributed by atoms with Crippen molar-refractivity contribution < 1.29 is 4.39 Å². The number of nitrogen functional groups attached to an aromatic ring is 1. The Morgan fingerprint density at radius 3 is 2.41 bits per heavy atom. The number of rotatable bonds is 5. The van der Waals surface area contributed by atoms with Crippen LogP contribution >= 0.6 is 0 Å². The summed E-state index contributed by atoms with van der Waals surface area (Å²) < 4.78 is 14.4. The molecule has 186 valence electrons. The molecule has 34 heavy (non-hydrogen) atoms. The van der Waals surface area contributed by atoms with Crippen LogP contribution in [0.15, 0.2) is 42.0 Å². The molecule has 3 nitrogen and oxygen atoms in total. The Bertz CT molecular complexity index is 958. The Labute approximate surface area is 206 Å². The van der Waals surface area contributed by atoms with E-state index in [0.717, 1.165) is 41.1 Å². The Kier molecular flexibility index (Phi) is 11.3. The minimum absolute atomic E-state index is 0.133. The molecule has 4 rings (SSSR count). The summed E-state index contributed by atoms with van der Waals surface area (Å²) in [5.41, 5.74) is 11.7. The number of aliphatic imine (C=N–C) groups is 1. The van der Waals surface area contributed by atoms with Gasteiger partial charge in [0.25, 0.3) is 0 Å². The average molecular weight is 466 g/mol. The van der Waals surface area contributed by atoms with E-state index >= 15 is 0 Å². The largest absolute Gasteiger partial charge is 0.395 e. The first-order valence-corrected chi connectivity index (χ1v) is 13.0. The molecular weight excluding hydrogens is 421 g/mol. The molecule has 0 amide bonds. The highest BCUT2D eigenvalue weighted by atomic mass is 19.1. The van der Waals surface area contributed by atoms with Gasteiger partial charge in [0.1, 0.15) is 5.82 Å². The summed E-state index contributed by atoms with van der Waals surface area (Å²) in [5, 5.41) is 3.03. The van der Waals surface area contributed by atoms with E-state index in [9.17, 15) is 4.39 Å². The Balaban J connectivity index is 0.000000341. The summed E-state index contributed by atoms with van der Waals surface area (Å²) in [6, 6.07) is 7.65. The quantitative estimate of drug-likeness (QED) is 0.432. The summed E-state index contributed by atoms with van der Waals surface area (Å²) in [6.45, 7) is 14.5.